The normalized spacial score (nSPS) is 17.9. The summed E-state index contributed by atoms with van der Waals surface area (Å²) in [6.45, 7) is 2.19. The van der Waals surface area contributed by atoms with Gasteiger partial charge in [0.05, 0.1) is 0 Å². The van der Waals surface area contributed by atoms with Crippen LogP contribution in [0.4, 0.5) is 0 Å². The van der Waals surface area contributed by atoms with E-state index < -0.39 is 0 Å². The highest BCUT2D eigenvalue weighted by molar-refractivity contribution is 5.81. The molecule has 76 valence electrons. The molecule has 0 bridgehead atoms. The van der Waals surface area contributed by atoms with Crippen molar-refractivity contribution in [3.63, 3.8) is 0 Å². The van der Waals surface area contributed by atoms with E-state index in [1.807, 2.05) is 0 Å². The molecular weight excluding hydrogens is 180 g/mol. The molecule has 0 atom stereocenters. The zero-order valence-electron chi connectivity index (χ0n) is 9.11. The molecule has 1 aliphatic carbocycles. The first-order valence-electron chi connectivity index (χ1n) is 5.53. The summed E-state index contributed by atoms with van der Waals surface area (Å²) < 4.78 is 0. The van der Waals surface area contributed by atoms with Crippen molar-refractivity contribution < 1.29 is 0 Å². The number of benzene rings is 1. The van der Waals surface area contributed by atoms with E-state index >= 15 is 0 Å². The minimum Gasteiger partial charge on any atom is -0.0807 e. The second-order valence-electron chi connectivity index (χ2n) is 3.72. The molecule has 0 aliphatic heterocycles. The Morgan fingerprint density at radius 2 is 2.00 bits per heavy atom. The maximum absolute atomic E-state index is 2.32. The maximum atomic E-state index is 2.32. The third kappa shape index (κ3) is 2.27. The van der Waals surface area contributed by atoms with Crippen molar-refractivity contribution in [1.82, 2.24) is 0 Å². The fourth-order valence-electron chi connectivity index (χ4n) is 1.92. The van der Waals surface area contributed by atoms with Gasteiger partial charge in [0.25, 0.3) is 0 Å². The molecular formula is C15H16. The lowest BCUT2D eigenvalue weighted by Gasteiger charge is -2.13. The summed E-state index contributed by atoms with van der Waals surface area (Å²) in [5.74, 6) is 0. The van der Waals surface area contributed by atoms with Crippen LogP contribution < -0.4 is 0 Å². The molecule has 15 heavy (non-hydrogen) atoms. The largest absolute Gasteiger partial charge is 0.0807 e. The van der Waals surface area contributed by atoms with Gasteiger partial charge in [0.2, 0.25) is 0 Å². The summed E-state index contributed by atoms with van der Waals surface area (Å²) in [5, 5.41) is 0. The van der Waals surface area contributed by atoms with E-state index in [-0.39, 0.29) is 0 Å². The van der Waals surface area contributed by atoms with E-state index in [4.69, 9.17) is 0 Å². The maximum Gasteiger partial charge on any atom is -0.00913 e. The van der Waals surface area contributed by atoms with E-state index in [9.17, 15) is 0 Å². The van der Waals surface area contributed by atoms with Gasteiger partial charge < -0.3 is 0 Å². The summed E-state index contributed by atoms with van der Waals surface area (Å²) in [6, 6.07) is 10.6. The SMILES string of the molecule is CCC=C1CC=CC=C1c1ccccc1. The highest BCUT2D eigenvalue weighted by Crippen LogP contribution is 2.28. The highest BCUT2D eigenvalue weighted by atomic mass is 14.1. The Balaban J connectivity index is 2.38. The van der Waals surface area contributed by atoms with Gasteiger partial charge in [-0.2, -0.15) is 0 Å². The average molecular weight is 196 g/mol. The van der Waals surface area contributed by atoms with Gasteiger partial charge >= 0.3 is 0 Å². The molecule has 0 spiro atoms. The van der Waals surface area contributed by atoms with E-state index in [0.29, 0.717) is 0 Å². The Bertz CT molecular complexity index is 405. The molecule has 0 saturated heterocycles. The second kappa shape index (κ2) is 4.79. The molecule has 0 unspecified atom stereocenters. The summed E-state index contributed by atoms with van der Waals surface area (Å²) in [7, 11) is 0. The molecule has 0 fully saturated rings. The lowest BCUT2D eigenvalue weighted by atomic mass is 9.91. The van der Waals surface area contributed by atoms with E-state index in [1.165, 1.54) is 16.7 Å². The summed E-state index contributed by atoms with van der Waals surface area (Å²) in [6.07, 6.45) is 11.1. The first kappa shape index (κ1) is 9.97. The van der Waals surface area contributed by atoms with Gasteiger partial charge in [0.15, 0.2) is 0 Å². The molecule has 0 amide bonds. The third-order valence-corrected chi connectivity index (χ3v) is 2.62. The number of allylic oxidation sites excluding steroid dienone is 6. The van der Waals surface area contributed by atoms with Crippen LogP contribution in [-0.2, 0) is 0 Å². The number of hydrogen-bond donors (Lipinski definition) is 0. The molecule has 0 radical (unpaired) electrons. The smallest absolute Gasteiger partial charge is 0.00913 e. The fraction of sp³-hybridized carbons (Fsp3) is 0.200. The minimum absolute atomic E-state index is 1.06. The Hall–Kier alpha value is -1.56. The molecule has 0 N–H and O–H groups in total. The zero-order chi connectivity index (χ0) is 10.5. The lowest BCUT2D eigenvalue weighted by molar-refractivity contribution is 1.16. The van der Waals surface area contributed by atoms with Gasteiger partial charge in [0.1, 0.15) is 0 Å². The molecule has 0 heteroatoms. The summed E-state index contributed by atoms with van der Waals surface area (Å²) in [5.41, 5.74) is 4.15. The Morgan fingerprint density at radius 3 is 2.73 bits per heavy atom. The predicted molar refractivity (Wildman–Crippen MR) is 66.6 cm³/mol. The van der Waals surface area contributed by atoms with Crippen LogP contribution in [0.5, 0.6) is 0 Å². The minimum atomic E-state index is 1.06. The first-order valence-corrected chi connectivity index (χ1v) is 5.53. The van der Waals surface area contributed by atoms with Gasteiger partial charge in [0, 0.05) is 0 Å². The van der Waals surface area contributed by atoms with E-state index in [1.54, 1.807) is 0 Å². The second-order valence-corrected chi connectivity index (χ2v) is 3.72. The third-order valence-electron chi connectivity index (χ3n) is 2.62. The van der Waals surface area contributed by atoms with Crippen molar-refractivity contribution in [1.29, 1.82) is 0 Å². The van der Waals surface area contributed by atoms with Crippen molar-refractivity contribution in [2.75, 3.05) is 0 Å². The molecule has 1 aromatic carbocycles. The van der Waals surface area contributed by atoms with Crippen molar-refractivity contribution in [3.05, 3.63) is 65.8 Å². The van der Waals surface area contributed by atoms with Crippen LogP contribution >= 0.6 is 0 Å². The standard InChI is InChI=1S/C15H16/c1-2-8-13-11-6-7-12-15(13)14-9-4-3-5-10-14/h3-10,12H,2,11H2,1H3. The Morgan fingerprint density at radius 1 is 1.20 bits per heavy atom. The molecule has 0 saturated carbocycles. The molecule has 1 aliphatic rings. The highest BCUT2D eigenvalue weighted by Gasteiger charge is 2.07. The number of rotatable bonds is 2. The van der Waals surface area contributed by atoms with Gasteiger partial charge in [-0.3, -0.25) is 0 Å². The molecule has 2 rings (SSSR count). The Kier molecular flexibility index (Phi) is 3.18. The lowest BCUT2D eigenvalue weighted by Crippen LogP contribution is -1.92. The van der Waals surface area contributed by atoms with E-state index in [2.05, 4.69) is 61.6 Å². The Labute approximate surface area is 91.6 Å². The van der Waals surface area contributed by atoms with Crippen molar-refractivity contribution in [3.8, 4) is 0 Å². The fourth-order valence-corrected chi connectivity index (χ4v) is 1.92. The van der Waals surface area contributed by atoms with Crippen LogP contribution in [-0.4, -0.2) is 0 Å². The molecule has 0 nitrogen and oxygen atoms in total. The predicted octanol–water partition coefficient (Wildman–Crippen LogP) is 4.37. The van der Waals surface area contributed by atoms with Gasteiger partial charge in [-0.25, -0.2) is 0 Å². The average Bonchev–Trinajstić information content (AvgIpc) is 2.31. The van der Waals surface area contributed by atoms with Crippen LogP contribution in [0.1, 0.15) is 25.3 Å². The van der Waals surface area contributed by atoms with Crippen LogP contribution in [0.25, 0.3) is 5.57 Å². The van der Waals surface area contributed by atoms with Gasteiger partial charge in [-0.1, -0.05) is 61.6 Å². The van der Waals surface area contributed by atoms with Gasteiger partial charge in [-0.05, 0) is 29.6 Å². The number of hydrogen-bond acceptors (Lipinski definition) is 0. The van der Waals surface area contributed by atoms with E-state index in [0.717, 1.165) is 12.8 Å². The summed E-state index contributed by atoms with van der Waals surface area (Å²) in [4.78, 5) is 0. The van der Waals surface area contributed by atoms with Crippen molar-refractivity contribution in [2.24, 2.45) is 0 Å². The summed E-state index contributed by atoms with van der Waals surface area (Å²) >= 11 is 0. The van der Waals surface area contributed by atoms with Crippen molar-refractivity contribution in [2.45, 2.75) is 19.8 Å². The topological polar surface area (TPSA) is 0 Å². The molecule has 0 aromatic heterocycles. The van der Waals surface area contributed by atoms with Crippen LogP contribution in [0.2, 0.25) is 0 Å². The van der Waals surface area contributed by atoms with Crippen molar-refractivity contribution >= 4 is 5.57 Å². The monoisotopic (exact) mass is 196 g/mol. The van der Waals surface area contributed by atoms with Crippen LogP contribution in [0, 0.1) is 0 Å². The van der Waals surface area contributed by atoms with Gasteiger partial charge in [-0.15, -0.1) is 0 Å². The first-order chi connectivity index (χ1) is 7.42. The molecule has 0 heterocycles. The molecule has 1 aromatic rings. The van der Waals surface area contributed by atoms with Crippen LogP contribution in [0.15, 0.2) is 60.2 Å². The quantitative estimate of drug-likeness (QED) is 0.659. The van der Waals surface area contributed by atoms with Crippen LogP contribution in [0.3, 0.4) is 0 Å². The zero-order valence-corrected chi connectivity index (χ0v) is 9.11.